The Kier molecular flexibility index (Phi) is 4.52. The van der Waals surface area contributed by atoms with E-state index in [4.69, 9.17) is 11.6 Å². The molecule has 7 rings (SSSR count). The average Bonchev–Trinajstić information content (AvgIpc) is 3.02. The van der Waals surface area contributed by atoms with Crippen LogP contribution in [0.4, 0.5) is 5.69 Å². The third-order valence-electron chi connectivity index (χ3n) is 8.64. The molecule has 160 valence electrons. The van der Waals surface area contributed by atoms with Crippen molar-refractivity contribution in [2.45, 2.75) is 56.5 Å². The predicted molar refractivity (Wildman–Crippen MR) is 116 cm³/mol. The minimum atomic E-state index is -0.313. The molecule has 0 radical (unpaired) electrons. The number of benzene rings is 1. The molecule has 2 amide bonds. The summed E-state index contributed by atoms with van der Waals surface area (Å²) in [6.07, 6.45) is 8.88. The number of halogens is 1. The van der Waals surface area contributed by atoms with E-state index >= 15 is 0 Å². The van der Waals surface area contributed by atoms with E-state index in [9.17, 15) is 9.59 Å². The van der Waals surface area contributed by atoms with Crippen molar-refractivity contribution in [2.75, 3.05) is 31.1 Å². The molecule has 2 aliphatic heterocycles. The fraction of sp³-hybridized carbons (Fsp3) is 0.667. The van der Waals surface area contributed by atoms with Crippen molar-refractivity contribution < 1.29 is 9.59 Å². The highest BCUT2D eigenvalue weighted by Crippen LogP contribution is 2.57. The summed E-state index contributed by atoms with van der Waals surface area (Å²) in [5.41, 5.74) is 1.06. The summed E-state index contributed by atoms with van der Waals surface area (Å²) in [6.45, 7) is 3.84. The second-order valence-electron chi connectivity index (χ2n) is 10.4. The van der Waals surface area contributed by atoms with Gasteiger partial charge in [0.1, 0.15) is 0 Å². The molecule has 0 spiro atoms. The Bertz CT molecular complexity index is 826. The summed E-state index contributed by atoms with van der Waals surface area (Å²) in [7, 11) is 0. The lowest BCUT2D eigenvalue weighted by atomic mass is 9.52. The van der Waals surface area contributed by atoms with Crippen LogP contribution in [-0.2, 0) is 9.59 Å². The SMILES string of the molecule is O=C1CC(N2CCN(C34CC5CC(CC(C5)C3)C4)CC2)C(=O)N1c1ccc(Cl)cc1. The molecule has 1 aromatic rings. The van der Waals surface area contributed by atoms with Crippen molar-refractivity contribution in [3.8, 4) is 0 Å². The van der Waals surface area contributed by atoms with Gasteiger partial charge >= 0.3 is 0 Å². The van der Waals surface area contributed by atoms with E-state index in [1.165, 1.54) is 43.4 Å². The summed E-state index contributed by atoms with van der Waals surface area (Å²) in [5, 5.41) is 0.607. The second-order valence-corrected chi connectivity index (χ2v) is 10.9. The van der Waals surface area contributed by atoms with Crippen molar-refractivity contribution in [1.29, 1.82) is 0 Å². The normalized spacial score (nSPS) is 39.3. The number of nitrogens with zero attached hydrogens (tertiary/aromatic N) is 3. The second kappa shape index (κ2) is 7.04. The minimum absolute atomic E-state index is 0.0782. The van der Waals surface area contributed by atoms with E-state index in [0.717, 1.165) is 43.9 Å². The van der Waals surface area contributed by atoms with Gasteiger partial charge in [0.2, 0.25) is 5.91 Å². The molecule has 1 aromatic carbocycles. The fourth-order valence-corrected chi connectivity index (χ4v) is 7.85. The first-order valence-electron chi connectivity index (χ1n) is 11.6. The zero-order valence-electron chi connectivity index (χ0n) is 17.4. The van der Waals surface area contributed by atoms with Crippen molar-refractivity contribution in [3.05, 3.63) is 29.3 Å². The van der Waals surface area contributed by atoms with Crippen LogP contribution in [0.2, 0.25) is 5.02 Å². The molecular formula is C24H30ClN3O2. The molecule has 0 aromatic heterocycles. The standard InChI is InChI=1S/C24H30ClN3O2/c25-19-1-3-20(4-2-19)28-22(29)12-21(23(28)30)26-5-7-27(8-6-26)24-13-16-9-17(14-24)11-18(10-16)15-24/h1-4,16-18,21H,5-15H2. The molecule has 2 saturated heterocycles. The Morgan fingerprint density at radius 3 is 1.97 bits per heavy atom. The summed E-state index contributed by atoms with van der Waals surface area (Å²) >= 11 is 5.97. The maximum absolute atomic E-state index is 13.1. The van der Waals surface area contributed by atoms with Crippen LogP contribution in [0.3, 0.4) is 0 Å². The zero-order chi connectivity index (χ0) is 20.5. The zero-order valence-corrected chi connectivity index (χ0v) is 18.2. The lowest BCUT2D eigenvalue weighted by Crippen LogP contribution is -2.64. The maximum Gasteiger partial charge on any atom is 0.251 e. The van der Waals surface area contributed by atoms with Crippen LogP contribution in [-0.4, -0.2) is 59.4 Å². The molecule has 1 unspecified atom stereocenters. The Hall–Kier alpha value is -1.43. The number of imide groups is 1. The Labute approximate surface area is 183 Å². The monoisotopic (exact) mass is 427 g/mol. The molecule has 4 bridgehead atoms. The molecule has 30 heavy (non-hydrogen) atoms. The molecular weight excluding hydrogens is 398 g/mol. The molecule has 6 heteroatoms. The summed E-state index contributed by atoms with van der Waals surface area (Å²) in [6, 6.07) is 6.66. The van der Waals surface area contributed by atoms with Gasteiger partial charge in [-0.3, -0.25) is 19.4 Å². The first-order chi connectivity index (χ1) is 14.5. The summed E-state index contributed by atoms with van der Waals surface area (Å²) < 4.78 is 0. The average molecular weight is 428 g/mol. The molecule has 4 aliphatic carbocycles. The van der Waals surface area contributed by atoms with Crippen LogP contribution < -0.4 is 4.90 Å². The van der Waals surface area contributed by atoms with E-state index < -0.39 is 0 Å². The predicted octanol–water partition coefficient (Wildman–Crippen LogP) is 3.56. The maximum atomic E-state index is 13.1. The number of piperazine rings is 1. The van der Waals surface area contributed by atoms with Gasteiger partial charge in [-0.25, -0.2) is 4.90 Å². The number of amides is 2. The largest absolute Gasteiger partial charge is 0.295 e. The highest BCUT2D eigenvalue weighted by molar-refractivity contribution is 6.30. The smallest absolute Gasteiger partial charge is 0.251 e. The van der Waals surface area contributed by atoms with Crippen LogP contribution in [0.5, 0.6) is 0 Å². The lowest BCUT2D eigenvalue weighted by molar-refractivity contribution is -0.125. The molecule has 6 aliphatic rings. The number of rotatable bonds is 3. The van der Waals surface area contributed by atoms with Crippen molar-refractivity contribution >= 4 is 29.1 Å². The van der Waals surface area contributed by atoms with Crippen LogP contribution in [0, 0.1) is 17.8 Å². The summed E-state index contributed by atoms with van der Waals surface area (Å²) in [5.74, 6) is 2.69. The minimum Gasteiger partial charge on any atom is -0.295 e. The van der Waals surface area contributed by atoms with Crippen molar-refractivity contribution in [2.24, 2.45) is 17.8 Å². The summed E-state index contributed by atoms with van der Waals surface area (Å²) in [4.78, 5) is 32.2. The van der Waals surface area contributed by atoms with Crippen molar-refractivity contribution in [3.63, 3.8) is 0 Å². The molecule has 1 atom stereocenters. The van der Waals surface area contributed by atoms with Crippen LogP contribution in [0.25, 0.3) is 0 Å². The van der Waals surface area contributed by atoms with Crippen LogP contribution in [0.15, 0.2) is 24.3 Å². The van der Waals surface area contributed by atoms with Gasteiger partial charge in [-0.1, -0.05) is 11.6 Å². The van der Waals surface area contributed by atoms with E-state index in [2.05, 4.69) is 9.80 Å². The van der Waals surface area contributed by atoms with Gasteiger partial charge in [-0.2, -0.15) is 0 Å². The van der Waals surface area contributed by atoms with Gasteiger partial charge in [0, 0.05) is 36.7 Å². The van der Waals surface area contributed by atoms with E-state index in [-0.39, 0.29) is 17.9 Å². The number of carbonyl (C=O) groups excluding carboxylic acids is 2. The quantitative estimate of drug-likeness (QED) is 0.692. The van der Waals surface area contributed by atoms with Gasteiger partial charge in [0.25, 0.3) is 5.91 Å². The van der Waals surface area contributed by atoms with E-state index in [1.54, 1.807) is 24.3 Å². The highest BCUT2D eigenvalue weighted by atomic mass is 35.5. The fourth-order valence-electron chi connectivity index (χ4n) is 7.72. The van der Waals surface area contributed by atoms with Gasteiger partial charge in [0.15, 0.2) is 0 Å². The van der Waals surface area contributed by atoms with E-state index in [0.29, 0.717) is 22.7 Å². The topological polar surface area (TPSA) is 43.9 Å². The van der Waals surface area contributed by atoms with E-state index in [1.807, 2.05) is 0 Å². The first-order valence-corrected chi connectivity index (χ1v) is 12.0. The van der Waals surface area contributed by atoms with Gasteiger partial charge in [-0.15, -0.1) is 0 Å². The van der Waals surface area contributed by atoms with Gasteiger partial charge < -0.3 is 0 Å². The van der Waals surface area contributed by atoms with Gasteiger partial charge in [-0.05, 0) is 80.5 Å². The highest BCUT2D eigenvalue weighted by Gasteiger charge is 2.54. The van der Waals surface area contributed by atoms with Crippen molar-refractivity contribution in [1.82, 2.24) is 9.80 Å². The van der Waals surface area contributed by atoms with Gasteiger partial charge in [0.05, 0.1) is 18.2 Å². The Balaban J connectivity index is 1.13. The molecule has 6 fully saturated rings. The lowest BCUT2D eigenvalue weighted by Gasteiger charge is -2.61. The molecule has 2 heterocycles. The third kappa shape index (κ3) is 3.04. The number of anilines is 1. The van der Waals surface area contributed by atoms with Crippen LogP contribution in [0.1, 0.15) is 44.9 Å². The molecule has 5 nitrogen and oxygen atoms in total. The first kappa shape index (κ1) is 19.3. The Morgan fingerprint density at radius 1 is 0.833 bits per heavy atom. The molecule has 0 N–H and O–H groups in total. The third-order valence-corrected chi connectivity index (χ3v) is 8.89. The number of carbonyl (C=O) groups is 2. The Morgan fingerprint density at radius 2 is 1.40 bits per heavy atom. The van der Waals surface area contributed by atoms with Crippen LogP contribution >= 0.6 is 11.6 Å². The number of hydrogen-bond acceptors (Lipinski definition) is 4. The number of hydrogen-bond donors (Lipinski definition) is 0. The molecule has 4 saturated carbocycles.